The number of carbonyl (C=O) groups excluding carboxylic acids is 1. The van der Waals surface area contributed by atoms with Crippen LogP contribution >= 0.6 is 11.6 Å². The third-order valence-corrected chi connectivity index (χ3v) is 5.81. The number of aromatic nitrogens is 1. The summed E-state index contributed by atoms with van der Waals surface area (Å²) in [4.78, 5) is 17.1. The number of hydrogen-bond acceptors (Lipinski definition) is 4. The summed E-state index contributed by atoms with van der Waals surface area (Å²) in [5, 5.41) is 3.83. The van der Waals surface area contributed by atoms with Gasteiger partial charge < -0.3 is 14.8 Å². The lowest BCUT2D eigenvalue weighted by Crippen LogP contribution is -2.44. The highest BCUT2D eigenvalue weighted by Gasteiger charge is 2.36. The van der Waals surface area contributed by atoms with Crippen molar-refractivity contribution in [3.63, 3.8) is 0 Å². The summed E-state index contributed by atoms with van der Waals surface area (Å²) >= 11 is 6.52. The molecule has 4 rings (SSSR count). The van der Waals surface area contributed by atoms with Crippen molar-refractivity contribution in [2.45, 2.75) is 18.3 Å². The van der Waals surface area contributed by atoms with Gasteiger partial charge in [-0.2, -0.15) is 0 Å². The first-order valence-electron chi connectivity index (χ1n) is 9.96. The van der Waals surface area contributed by atoms with Crippen LogP contribution in [0.15, 0.2) is 73.1 Å². The Morgan fingerprint density at radius 2 is 1.83 bits per heavy atom. The zero-order valence-electron chi connectivity index (χ0n) is 16.5. The van der Waals surface area contributed by atoms with E-state index in [-0.39, 0.29) is 11.3 Å². The molecule has 1 saturated heterocycles. The molecular formula is C24H23ClN2O3. The summed E-state index contributed by atoms with van der Waals surface area (Å²) in [6.45, 7) is 1.75. The zero-order valence-corrected chi connectivity index (χ0v) is 17.3. The van der Waals surface area contributed by atoms with Crippen molar-refractivity contribution in [1.29, 1.82) is 0 Å². The standard InChI is InChI=1S/C24H23ClN2O3/c25-21-9-3-2-8-20(21)24(11-14-29-15-12-24)17-27-23(28)19-7-1-4-10-22(19)30-18-6-5-13-26-16-18/h1-10,13,16H,11-12,14-15,17H2,(H,27,28). The molecule has 0 atom stereocenters. The number of amides is 1. The molecule has 1 aliphatic heterocycles. The molecule has 1 aromatic heterocycles. The summed E-state index contributed by atoms with van der Waals surface area (Å²) in [6.07, 6.45) is 4.88. The molecular weight excluding hydrogens is 400 g/mol. The second-order valence-electron chi connectivity index (χ2n) is 7.34. The summed E-state index contributed by atoms with van der Waals surface area (Å²) in [5.74, 6) is 0.879. The average molecular weight is 423 g/mol. The molecule has 0 saturated carbocycles. The maximum atomic E-state index is 13.1. The van der Waals surface area contributed by atoms with Crippen molar-refractivity contribution in [2.75, 3.05) is 19.8 Å². The molecule has 30 heavy (non-hydrogen) atoms. The van der Waals surface area contributed by atoms with Crippen LogP contribution in [0.1, 0.15) is 28.8 Å². The van der Waals surface area contributed by atoms with E-state index in [1.807, 2.05) is 36.4 Å². The molecule has 1 amide bonds. The van der Waals surface area contributed by atoms with E-state index in [1.54, 1.807) is 36.7 Å². The molecule has 0 spiro atoms. The first kappa shape index (κ1) is 20.4. The van der Waals surface area contributed by atoms with Gasteiger partial charge in [-0.3, -0.25) is 9.78 Å². The van der Waals surface area contributed by atoms with E-state index in [4.69, 9.17) is 21.1 Å². The second-order valence-corrected chi connectivity index (χ2v) is 7.75. The maximum Gasteiger partial charge on any atom is 0.255 e. The van der Waals surface area contributed by atoms with E-state index < -0.39 is 0 Å². The van der Waals surface area contributed by atoms with Crippen molar-refractivity contribution >= 4 is 17.5 Å². The van der Waals surface area contributed by atoms with Crippen LogP contribution in [0.2, 0.25) is 5.02 Å². The third kappa shape index (κ3) is 4.48. The van der Waals surface area contributed by atoms with Crippen molar-refractivity contribution in [2.24, 2.45) is 0 Å². The molecule has 5 nitrogen and oxygen atoms in total. The number of hydrogen-bond donors (Lipinski definition) is 1. The van der Waals surface area contributed by atoms with Gasteiger partial charge in [0.15, 0.2) is 0 Å². The van der Waals surface area contributed by atoms with Gasteiger partial charge >= 0.3 is 0 Å². The summed E-state index contributed by atoms with van der Waals surface area (Å²) in [7, 11) is 0. The van der Waals surface area contributed by atoms with Crippen molar-refractivity contribution in [1.82, 2.24) is 10.3 Å². The number of ether oxygens (including phenoxy) is 2. The highest BCUT2D eigenvalue weighted by Crippen LogP contribution is 2.38. The molecule has 0 aliphatic carbocycles. The molecule has 0 bridgehead atoms. The fourth-order valence-electron chi connectivity index (χ4n) is 3.82. The summed E-state index contributed by atoms with van der Waals surface area (Å²) in [6, 6.07) is 18.6. The van der Waals surface area contributed by atoms with Gasteiger partial charge in [0.1, 0.15) is 11.5 Å². The van der Waals surface area contributed by atoms with Crippen LogP contribution in [-0.2, 0) is 10.2 Å². The number of benzene rings is 2. The quantitative estimate of drug-likeness (QED) is 0.606. The van der Waals surface area contributed by atoms with Gasteiger partial charge in [-0.05, 0) is 48.7 Å². The number of para-hydroxylation sites is 1. The van der Waals surface area contributed by atoms with Crippen molar-refractivity contribution in [3.05, 3.63) is 89.2 Å². The molecule has 1 aliphatic rings. The second kappa shape index (κ2) is 9.28. The lowest BCUT2D eigenvalue weighted by molar-refractivity contribution is 0.0487. The van der Waals surface area contributed by atoms with E-state index in [0.29, 0.717) is 41.8 Å². The van der Waals surface area contributed by atoms with E-state index in [2.05, 4.69) is 10.3 Å². The minimum absolute atomic E-state index is 0.188. The van der Waals surface area contributed by atoms with Gasteiger partial charge in [-0.1, -0.05) is 41.9 Å². The normalized spacial score (nSPS) is 15.4. The summed E-state index contributed by atoms with van der Waals surface area (Å²) in [5.41, 5.74) is 1.27. The molecule has 6 heteroatoms. The lowest BCUT2D eigenvalue weighted by Gasteiger charge is -2.38. The molecule has 1 fully saturated rings. The predicted molar refractivity (Wildman–Crippen MR) is 116 cm³/mol. The van der Waals surface area contributed by atoms with Gasteiger partial charge in [0, 0.05) is 36.4 Å². The summed E-state index contributed by atoms with van der Waals surface area (Å²) < 4.78 is 11.5. The van der Waals surface area contributed by atoms with Crippen LogP contribution in [-0.4, -0.2) is 30.6 Å². The fraction of sp³-hybridized carbons (Fsp3) is 0.250. The average Bonchev–Trinajstić information content (AvgIpc) is 2.79. The maximum absolute atomic E-state index is 13.1. The van der Waals surface area contributed by atoms with Gasteiger partial charge in [0.05, 0.1) is 11.8 Å². The number of pyridine rings is 1. The van der Waals surface area contributed by atoms with E-state index in [0.717, 1.165) is 18.4 Å². The Balaban J connectivity index is 1.54. The molecule has 2 aromatic carbocycles. The molecule has 3 aromatic rings. The highest BCUT2D eigenvalue weighted by molar-refractivity contribution is 6.31. The molecule has 154 valence electrons. The number of nitrogens with one attached hydrogen (secondary N) is 1. The first-order valence-corrected chi connectivity index (χ1v) is 10.3. The van der Waals surface area contributed by atoms with Gasteiger partial charge in [0.2, 0.25) is 0 Å². The van der Waals surface area contributed by atoms with Crippen LogP contribution in [0.25, 0.3) is 0 Å². The van der Waals surface area contributed by atoms with Crippen LogP contribution in [0.4, 0.5) is 0 Å². The van der Waals surface area contributed by atoms with E-state index in [9.17, 15) is 4.79 Å². The fourth-order valence-corrected chi connectivity index (χ4v) is 4.15. The van der Waals surface area contributed by atoms with Gasteiger partial charge in [-0.15, -0.1) is 0 Å². The van der Waals surface area contributed by atoms with Gasteiger partial charge in [-0.25, -0.2) is 0 Å². The Hall–Kier alpha value is -2.89. The largest absolute Gasteiger partial charge is 0.455 e. The number of rotatable bonds is 6. The Kier molecular flexibility index (Phi) is 6.31. The Labute approximate surface area is 181 Å². The predicted octanol–water partition coefficient (Wildman–Crippen LogP) is 5.01. The first-order chi connectivity index (χ1) is 14.7. The molecule has 1 N–H and O–H groups in total. The van der Waals surface area contributed by atoms with Crippen LogP contribution < -0.4 is 10.1 Å². The van der Waals surface area contributed by atoms with Crippen molar-refractivity contribution < 1.29 is 14.3 Å². The van der Waals surface area contributed by atoms with Crippen LogP contribution in [0.5, 0.6) is 11.5 Å². The third-order valence-electron chi connectivity index (χ3n) is 5.48. The highest BCUT2D eigenvalue weighted by atomic mass is 35.5. The SMILES string of the molecule is O=C(NCC1(c2ccccc2Cl)CCOCC1)c1ccccc1Oc1cccnc1. The minimum atomic E-state index is -0.259. The molecule has 0 radical (unpaired) electrons. The Bertz CT molecular complexity index is 1000. The molecule has 2 heterocycles. The number of nitrogens with zero attached hydrogens (tertiary/aromatic N) is 1. The monoisotopic (exact) mass is 422 g/mol. The minimum Gasteiger partial charge on any atom is -0.455 e. The van der Waals surface area contributed by atoms with E-state index in [1.165, 1.54) is 0 Å². The zero-order chi connectivity index (χ0) is 20.8. The number of carbonyl (C=O) groups is 1. The van der Waals surface area contributed by atoms with Crippen molar-refractivity contribution in [3.8, 4) is 11.5 Å². The molecule has 0 unspecified atom stereocenters. The van der Waals surface area contributed by atoms with Crippen LogP contribution in [0, 0.1) is 0 Å². The Morgan fingerprint density at radius 3 is 2.60 bits per heavy atom. The lowest BCUT2D eigenvalue weighted by atomic mass is 9.74. The topological polar surface area (TPSA) is 60.5 Å². The smallest absolute Gasteiger partial charge is 0.255 e. The van der Waals surface area contributed by atoms with Gasteiger partial charge in [0.25, 0.3) is 5.91 Å². The Morgan fingerprint density at radius 1 is 1.07 bits per heavy atom. The number of halogens is 1. The van der Waals surface area contributed by atoms with Crippen LogP contribution in [0.3, 0.4) is 0 Å². The van der Waals surface area contributed by atoms with E-state index >= 15 is 0 Å².